The molecule has 2 aromatic rings. The Hall–Kier alpha value is -3.89. The van der Waals surface area contributed by atoms with Crippen LogP contribution in [0.15, 0.2) is 77.9 Å². The van der Waals surface area contributed by atoms with E-state index in [1.54, 1.807) is 60.7 Å². The molecule has 0 bridgehead atoms. The normalized spacial score (nSPS) is 11.0. The van der Waals surface area contributed by atoms with Gasteiger partial charge >= 0.3 is 5.97 Å². The van der Waals surface area contributed by atoms with Gasteiger partial charge in [0.15, 0.2) is 5.78 Å². The lowest BCUT2D eigenvalue weighted by Gasteiger charge is -2.02. The lowest BCUT2D eigenvalue weighted by Crippen LogP contribution is -2.12. The Morgan fingerprint density at radius 1 is 1.12 bits per heavy atom. The number of ketones is 1. The van der Waals surface area contributed by atoms with Crippen molar-refractivity contribution in [2.45, 2.75) is 0 Å². The molecule has 0 unspecified atom stereocenters. The Kier molecular flexibility index (Phi) is 6.26. The minimum Gasteiger partial charge on any atom is -0.478 e. The molecule has 0 saturated carbocycles. The van der Waals surface area contributed by atoms with Crippen LogP contribution in [0, 0.1) is 0 Å². The summed E-state index contributed by atoms with van der Waals surface area (Å²) in [6.45, 7) is 3.70. The standard InChI is InChI=1S/C20H15N3O3/c1-2-14-13-17(22-23-21)12-11-15(14)9-6-10-18(20(25)26)19(24)16-7-4-3-5-8-16/h2-13H,1H2,(H,25,26)/b9-6+,18-10-. The molecule has 0 amide bonds. The number of hydrogen-bond donors (Lipinski definition) is 1. The predicted molar refractivity (Wildman–Crippen MR) is 101 cm³/mol. The van der Waals surface area contributed by atoms with Crippen LogP contribution in [0.5, 0.6) is 0 Å². The highest BCUT2D eigenvalue weighted by atomic mass is 16.4. The van der Waals surface area contributed by atoms with Crippen molar-refractivity contribution in [2.24, 2.45) is 5.11 Å². The maximum Gasteiger partial charge on any atom is 0.339 e. The summed E-state index contributed by atoms with van der Waals surface area (Å²) in [4.78, 5) is 26.5. The molecule has 2 aromatic carbocycles. The second kappa shape index (κ2) is 8.82. The second-order valence-electron chi connectivity index (χ2n) is 5.15. The van der Waals surface area contributed by atoms with E-state index in [1.807, 2.05) is 0 Å². The van der Waals surface area contributed by atoms with Crippen LogP contribution in [-0.4, -0.2) is 16.9 Å². The van der Waals surface area contributed by atoms with Crippen molar-refractivity contribution < 1.29 is 14.7 Å². The van der Waals surface area contributed by atoms with E-state index in [4.69, 9.17) is 5.53 Å². The summed E-state index contributed by atoms with van der Waals surface area (Å²) in [5, 5.41) is 12.8. The molecule has 0 aliphatic rings. The van der Waals surface area contributed by atoms with Crippen LogP contribution in [-0.2, 0) is 4.79 Å². The fourth-order valence-corrected chi connectivity index (χ4v) is 2.24. The van der Waals surface area contributed by atoms with E-state index in [2.05, 4.69) is 16.6 Å². The van der Waals surface area contributed by atoms with E-state index < -0.39 is 11.8 Å². The maximum absolute atomic E-state index is 12.3. The van der Waals surface area contributed by atoms with Crippen LogP contribution >= 0.6 is 0 Å². The number of carboxylic acids is 1. The third-order valence-corrected chi connectivity index (χ3v) is 3.50. The molecule has 0 fully saturated rings. The van der Waals surface area contributed by atoms with Gasteiger partial charge in [-0.3, -0.25) is 4.79 Å². The topological polar surface area (TPSA) is 103 Å². The minimum atomic E-state index is -1.30. The zero-order chi connectivity index (χ0) is 18.9. The van der Waals surface area contributed by atoms with Crippen molar-refractivity contribution in [1.82, 2.24) is 0 Å². The lowest BCUT2D eigenvalue weighted by molar-refractivity contribution is -0.132. The number of rotatable bonds is 7. The summed E-state index contributed by atoms with van der Waals surface area (Å²) in [5.74, 6) is -1.86. The van der Waals surface area contributed by atoms with E-state index in [0.29, 0.717) is 16.8 Å². The summed E-state index contributed by atoms with van der Waals surface area (Å²) < 4.78 is 0. The summed E-state index contributed by atoms with van der Waals surface area (Å²) >= 11 is 0. The van der Waals surface area contributed by atoms with Gasteiger partial charge in [-0.1, -0.05) is 72.4 Å². The average Bonchev–Trinajstić information content (AvgIpc) is 2.66. The van der Waals surface area contributed by atoms with Crippen molar-refractivity contribution in [3.8, 4) is 0 Å². The number of carboxylic acid groups (broad SMARTS) is 1. The first-order chi connectivity index (χ1) is 12.6. The van der Waals surface area contributed by atoms with Crippen molar-refractivity contribution in [3.05, 3.63) is 100.0 Å². The lowest BCUT2D eigenvalue weighted by atomic mass is 10.0. The fourth-order valence-electron chi connectivity index (χ4n) is 2.24. The maximum atomic E-state index is 12.3. The number of hydrogen-bond acceptors (Lipinski definition) is 3. The summed E-state index contributed by atoms with van der Waals surface area (Å²) in [6, 6.07) is 13.2. The van der Waals surface area contributed by atoms with Gasteiger partial charge in [-0.2, -0.15) is 0 Å². The number of carbonyl (C=O) groups excluding carboxylic acids is 1. The van der Waals surface area contributed by atoms with Gasteiger partial charge in [-0.15, -0.1) is 0 Å². The van der Waals surface area contributed by atoms with Gasteiger partial charge in [-0.25, -0.2) is 4.79 Å². The van der Waals surface area contributed by atoms with Crippen molar-refractivity contribution in [3.63, 3.8) is 0 Å². The number of azide groups is 1. The van der Waals surface area contributed by atoms with Crippen LogP contribution in [0.3, 0.4) is 0 Å². The summed E-state index contributed by atoms with van der Waals surface area (Å²) in [5.41, 5.74) is 10.3. The molecule has 0 aliphatic carbocycles. The molecule has 0 spiro atoms. The van der Waals surface area contributed by atoms with Crippen LogP contribution in [0.1, 0.15) is 21.5 Å². The third kappa shape index (κ3) is 4.56. The first kappa shape index (κ1) is 18.4. The van der Waals surface area contributed by atoms with Gasteiger partial charge in [-0.05, 0) is 28.8 Å². The molecule has 26 heavy (non-hydrogen) atoms. The number of allylic oxidation sites excluding steroid dienone is 2. The van der Waals surface area contributed by atoms with Gasteiger partial charge in [0.2, 0.25) is 0 Å². The van der Waals surface area contributed by atoms with E-state index in [9.17, 15) is 14.7 Å². The van der Waals surface area contributed by atoms with Gasteiger partial charge in [0, 0.05) is 16.2 Å². The van der Waals surface area contributed by atoms with Gasteiger partial charge < -0.3 is 5.11 Å². The Morgan fingerprint density at radius 3 is 2.46 bits per heavy atom. The smallest absolute Gasteiger partial charge is 0.339 e. The summed E-state index contributed by atoms with van der Waals surface area (Å²) in [7, 11) is 0. The van der Waals surface area contributed by atoms with E-state index in [-0.39, 0.29) is 5.57 Å². The van der Waals surface area contributed by atoms with Crippen LogP contribution in [0.2, 0.25) is 0 Å². The number of nitrogens with zero attached hydrogens (tertiary/aromatic N) is 3. The largest absolute Gasteiger partial charge is 0.478 e. The summed E-state index contributed by atoms with van der Waals surface area (Å²) in [6.07, 6.45) is 5.98. The van der Waals surface area contributed by atoms with Crippen LogP contribution < -0.4 is 0 Å². The van der Waals surface area contributed by atoms with Crippen LogP contribution in [0.25, 0.3) is 22.6 Å². The van der Waals surface area contributed by atoms with Crippen molar-refractivity contribution >= 4 is 29.6 Å². The first-order valence-corrected chi connectivity index (χ1v) is 7.60. The Labute approximate surface area is 150 Å². The highest BCUT2D eigenvalue weighted by molar-refractivity contribution is 6.23. The Balaban J connectivity index is 2.33. The molecule has 128 valence electrons. The molecular formula is C20H15N3O3. The highest BCUT2D eigenvalue weighted by Gasteiger charge is 2.17. The van der Waals surface area contributed by atoms with Crippen LogP contribution in [0.4, 0.5) is 5.69 Å². The fraction of sp³-hybridized carbons (Fsp3) is 0. The molecule has 1 N–H and O–H groups in total. The monoisotopic (exact) mass is 345 g/mol. The molecule has 2 rings (SSSR count). The molecule has 6 nitrogen and oxygen atoms in total. The first-order valence-electron chi connectivity index (χ1n) is 7.60. The molecule has 0 aromatic heterocycles. The number of aliphatic carboxylic acids is 1. The van der Waals surface area contributed by atoms with Crippen molar-refractivity contribution in [1.29, 1.82) is 0 Å². The van der Waals surface area contributed by atoms with Gasteiger partial charge in [0.25, 0.3) is 0 Å². The number of benzene rings is 2. The SMILES string of the molecule is C=Cc1cc(N=[N+]=[N-])ccc1/C=C/C=C(\C(=O)O)C(=O)c1ccccc1. The van der Waals surface area contributed by atoms with E-state index >= 15 is 0 Å². The zero-order valence-electron chi connectivity index (χ0n) is 13.7. The molecule has 0 radical (unpaired) electrons. The third-order valence-electron chi connectivity index (χ3n) is 3.50. The minimum absolute atomic E-state index is 0.306. The molecule has 0 atom stereocenters. The molecular weight excluding hydrogens is 330 g/mol. The van der Waals surface area contributed by atoms with Gasteiger partial charge in [0.1, 0.15) is 5.57 Å². The Morgan fingerprint density at radius 2 is 1.85 bits per heavy atom. The van der Waals surface area contributed by atoms with Crippen molar-refractivity contribution in [2.75, 3.05) is 0 Å². The number of Topliss-reactive ketones (excluding diaryl/α,β-unsaturated/α-hetero) is 1. The number of carbonyl (C=O) groups is 2. The highest BCUT2D eigenvalue weighted by Crippen LogP contribution is 2.21. The quantitative estimate of drug-likeness (QED) is 0.109. The van der Waals surface area contributed by atoms with E-state index in [1.165, 1.54) is 12.2 Å². The van der Waals surface area contributed by atoms with E-state index in [0.717, 1.165) is 5.56 Å². The van der Waals surface area contributed by atoms with Gasteiger partial charge in [0.05, 0.1) is 0 Å². The molecule has 6 heteroatoms. The molecule has 0 heterocycles. The predicted octanol–water partition coefficient (Wildman–Crippen LogP) is 5.18. The average molecular weight is 345 g/mol. The Bertz CT molecular complexity index is 954. The second-order valence-corrected chi connectivity index (χ2v) is 5.15. The molecule has 0 saturated heterocycles. The molecule has 0 aliphatic heterocycles. The zero-order valence-corrected chi connectivity index (χ0v) is 13.7.